The molecule has 6 aliphatic rings. The lowest BCUT2D eigenvalue weighted by Gasteiger charge is -2.55. The molecule has 0 spiro atoms. The van der Waals surface area contributed by atoms with Crippen molar-refractivity contribution in [3.63, 3.8) is 0 Å². The van der Waals surface area contributed by atoms with Gasteiger partial charge in [-0.3, -0.25) is 15.0 Å². The van der Waals surface area contributed by atoms with Gasteiger partial charge in [0, 0.05) is 38.9 Å². The minimum Gasteiger partial charge on any atom is -0.326 e. The molecule has 0 radical (unpaired) electrons. The van der Waals surface area contributed by atoms with Gasteiger partial charge in [0.2, 0.25) is 5.79 Å². The molecule has 158 valence electrons. The molecule has 0 aliphatic carbocycles. The number of hydrogen-bond donors (Lipinski definition) is 3. The smallest absolute Gasteiger partial charge is 0.219 e. The second-order valence-corrected chi connectivity index (χ2v) is 9.73. The van der Waals surface area contributed by atoms with Crippen LogP contribution in [0.2, 0.25) is 0 Å². The Hall–Kier alpha value is -1.78. The van der Waals surface area contributed by atoms with Gasteiger partial charge in [0.05, 0.1) is 24.7 Å². The van der Waals surface area contributed by atoms with Crippen LogP contribution in [-0.4, -0.2) is 93.9 Å². The van der Waals surface area contributed by atoms with E-state index in [0.29, 0.717) is 5.25 Å². The Morgan fingerprint density at radius 1 is 1.10 bits per heavy atom. The molecular formula is C19H31N9S. The van der Waals surface area contributed by atoms with E-state index in [2.05, 4.69) is 76.5 Å². The number of hydrazine groups is 3. The molecule has 2 unspecified atom stereocenters. The Morgan fingerprint density at radius 3 is 2.62 bits per heavy atom. The maximum absolute atomic E-state index is 4.62. The first kappa shape index (κ1) is 18.0. The molecule has 0 bridgehead atoms. The zero-order valence-electron chi connectivity index (χ0n) is 16.9. The summed E-state index contributed by atoms with van der Waals surface area (Å²) in [6, 6.07) is 0. The van der Waals surface area contributed by atoms with Crippen molar-refractivity contribution in [2.24, 2.45) is 4.99 Å². The minimum absolute atomic E-state index is 0.299. The number of thioether (sulfide) groups is 1. The lowest BCUT2D eigenvalue weighted by molar-refractivity contribution is -0.136. The lowest BCUT2D eigenvalue weighted by Crippen LogP contribution is -2.74. The van der Waals surface area contributed by atoms with Crippen LogP contribution >= 0.6 is 11.8 Å². The van der Waals surface area contributed by atoms with E-state index in [4.69, 9.17) is 0 Å². The van der Waals surface area contributed by atoms with Crippen molar-refractivity contribution in [1.29, 1.82) is 0 Å². The van der Waals surface area contributed by atoms with Crippen LogP contribution in [0.15, 0.2) is 28.9 Å². The van der Waals surface area contributed by atoms with Crippen LogP contribution in [-0.2, 0) is 0 Å². The van der Waals surface area contributed by atoms with E-state index in [0.717, 1.165) is 45.8 Å². The third kappa shape index (κ3) is 2.72. The Bertz CT molecular complexity index is 715. The fraction of sp³-hybridized carbons (Fsp3) is 0.737. The first-order valence-electron chi connectivity index (χ1n) is 11.0. The Balaban J connectivity index is 1.48. The van der Waals surface area contributed by atoms with Crippen LogP contribution in [0, 0.1) is 0 Å². The highest BCUT2D eigenvalue weighted by Gasteiger charge is 2.60. The Morgan fingerprint density at radius 2 is 2.00 bits per heavy atom. The molecule has 2 atom stereocenters. The highest BCUT2D eigenvalue weighted by molar-refractivity contribution is 8.01. The van der Waals surface area contributed by atoms with Crippen molar-refractivity contribution in [2.45, 2.75) is 36.7 Å². The molecule has 3 saturated heterocycles. The molecule has 6 rings (SSSR count). The standard InChI is InChI=1S/C19H31N9S/c1-2-10-25(9-1)28-18(27-12-4-7-22-27)17(26-11-3-6-21-26)23-19(28,16-5-14-29-16)24-13-8-20-15-24/h4,7,15-16,21-23H,1-3,5-6,8-14H2. The minimum atomic E-state index is -0.299. The molecule has 3 fully saturated rings. The molecule has 3 N–H and O–H groups in total. The molecule has 0 amide bonds. The van der Waals surface area contributed by atoms with Crippen molar-refractivity contribution in [3.05, 3.63) is 23.9 Å². The van der Waals surface area contributed by atoms with Gasteiger partial charge in [0.25, 0.3) is 0 Å². The summed E-state index contributed by atoms with van der Waals surface area (Å²) in [4.78, 5) is 7.09. The van der Waals surface area contributed by atoms with E-state index < -0.39 is 0 Å². The molecule has 0 saturated carbocycles. The van der Waals surface area contributed by atoms with Gasteiger partial charge in [-0.1, -0.05) is 0 Å². The van der Waals surface area contributed by atoms with E-state index in [9.17, 15) is 0 Å². The molecule has 0 aromatic heterocycles. The van der Waals surface area contributed by atoms with E-state index >= 15 is 0 Å². The second kappa shape index (κ2) is 7.17. The van der Waals surface area contributed by atoms with Crippen LogP contribution in [0.25, 0.3) is 0 Å². The second-order valence-electron chi connectivity index (χ2n) is 8.41. The quantitative estimate of drug-likeness (QED) is 0.577. The molecular weight excluding hydrogens is 386 g/mol. The molecule has 6 aliphatic heterocycles. The monoisotopic (exact) mass is 417 g/mol. The van der Waals surface area contributed by atoms with E-state index in [1.165, 1.54) is 43.1 Å². The molecule has 6 heterocycles. The Labute approximate surface area is 176 Å². The molecule has 0 aromatic rings. The van der Waals surface area contributed by atoms with Crippen LogP contribution < -0.4 is 16.2 Å². The van der Waals surface area contributed by atoms with Gasteiger partial charge in [0.1, 0.15) is 0 Å². The maximum Gasteiger partial charge on any atom is 0.219 e. The Kier molecular flexibility index (Phi) is 4.46. The summed E-state index contributed by atoms with van der Waals surface area (Å²) in [6.45, 7) is 7.00. The summed E-state index contributed by atoms with van der Waals surface area (Å²) in [5, 5.41) is 14.4. The van der Waals surface area contributed by atoms with Crippen molar-refractivity contribution in [3.8, 4) is 0 Å². The van der Waals surface area contributed by atoms with E-state index in [1.807, 2.05) is 0 Å². The summed E-state index contributed by atoms with van der Waals surface area (Å²) in [6.07, 6.45) is 11.3. The van der Waals surface area contributed by atoms with Gasteiger partial charge >= 0.3 is 0 Å². The predicted molar refractivity (Wildman–Crippen MR) is 115 cm³/mol. The largest absolute Gasteiger partial charge is 0.326 e. The predicted octanol–water partition coefficient (Wildman–Crippen LogP) is 0.0764. The van der Waals surface area contributed by atoms with Crippen molar-refractivity contribution in [1.82, 2.24) is 41.1 Å². The number of rotatable bonds is 5. The fourth-order valence-corrected chi connectivity index (χ4v) is 6.23. The van der Waals surface area contributed by atoms with Crippen LogP contribution in [0.5, 0.6) is 0 Å². The molecule has 0 aromatic carbocycles. The summed E-state index contributed by atoms with van der Waals surface area (Å²) in [7, 11) is 0. The summed E-state index contributed by atoms with van der Waals surface area (Å²) in [5.41, 5.74) is 7.08. The highest BCUT2D eigenvalue weighted by Crippen LogP contribution is 2.47. The van der Waals surface area contributed by atoms with Gasteiger partial charge < -0.3 is 15.6 Å². The normalized spacial score (nSPS) is 34.6. The van der Waals surface area contributed by atoms with Gasteiger partial charge in [0.15, 0.2) is 11.6 Å². The third-order valence-corrected chi connectivity index (χ3v) is 8.14. The average molecular weight is 418 g/mol. The van der Waals surface area contributed by atoms with Gasteiger partial charge in [-0.05, 0) is 37.5 Å². The molecule has 29 heavy (non-hydrogen) atoms. The van der Waals surface area contributed by atoms with Crippen LogP contribution in [0.4, 0.5) is 0 Å². The zero-order chi connectivity index (χ0) is 19.3. The summed E-state index contributed by atoms with van der Waals surface area (Å²) in [5.74, 6) is 3.37. The van der Waals surface area contributed by atoms with E-state index in [1.54, 1.807) is 0 Å². The van der Waals surface area contributed by atoms with Gasteiger partial charge in [-0.25, -0.2) is 15.4 Å². The third-order valence-electron chi connectivity index (χ3n) is 6.70. The number of nitrogens with one attached hydrogen (secondary N) is 3. The first-order valence-corrected chi connectivity index (χ1v) is 12.1. The maximum atomic E-state index is 4.62. The van der Waals surface area contributed by atoms with Crippen LogP contribution in [0.3, 0.4) is 0 Å². The average Bonchev–Trinajstić information content (AvgIpc) is 3.53. The molecule has 10 heteroatoms. The number of nitrogens with zero attached hydrogens (tertiary/aromatic N) is 6. The number of hydrogen-bond acceptors (Lipinski definition) is 10. The number of aliphatic imine (C=N–C) groups is 1. The lowest BCUT2D eigenvalue weighted by atomic mass is 10.1. The first-order chi connectivity index (χ1) is 14.4. The van der Waals surface area contributed by atoms with Crippen molar-refractivity contribution in [2.75, 3.05) is 51.6 Å². The fourth-order valence-electron chi connectivity index (χ4n) is 5.23. The van der Waals surface area contributed by atoms with E-state index in [-0.39, 0.29) is 5.79 Å². The van der Waals surface area contributed by atoms with Gasteiger partial charge in [-0.15, -0.1) is 0 Å². The summed E-state index contributed by atoms with van der Waals surface area (Å²) >= 11 is 2.09. The van der Waals surface area contributed by atoms with Crippen LogP contribution in [0.1, 0.15) is 25.7 Å². The molecule has 9 nitrogen and oxygen atoms in total. The van der Waals surface area contributed by atoms with Crippen molar-refractivity contribution < 1.29 is 0 Å². The zero-order valence-corrected chi connectivity index (χ0v) is 17.7. The van der Waals surface area contributed by atoms with Crippen molar-refractivity contribution >= 4 is 18.1 Å². The topological polar surface area (TPSA) is 64.7 Å². The van der Waals surface area contributed by atoms with Gasteiger partial charge in [-0.2, -0.15) is 11.8 Å². The SMILES string of the molecule is C1=CNN(C2=C(N3CCCN3)NC(C3CCS3)(N3C=NCC3)N2N2CCCC2)C1. The summed E-state index contributed by atoms with van der Waals surface area (Å²) < 4.78 is 0. The highest BCUT2D eigenvalue weighted by atomic mass is 32.2.